The predicted molar refractivity (Wildman–Crippen MR) is 126 cm³/mol. The van der Waals surface area contributed by atoms with Gasteiger partial charge in [0.2, 0.25) is 11.8 Å². The maximum Gasteiger partial charge on any atom is 0.235 e. The van der Waals surface area contributed by atoms with E-state index in [2.05, 4.69) is 10.6 Å². The second-order valence-corrected chi connectivity index (χ2v) is 10.2. The van der Waals surface area contributed by atoms with E-state index >= 15 is 0 Å². The lowest BCUT2D eigenvalue weighted by atomic mass is 9.71. The Hall–Kier alpha value is -2.70. The van der Waals surface area contributed by atoms with Crippen LogP contribution in [0, 0.1) is 5.41 Å². The van der Waals surface area contributed by atoms with Crippen molar-refractivity contribution in [2.24, 2.45) is 5.41 Å². The minimum absolute atomic E-state index is 0.457. The Kier molecular flexibility index (Phi) is 6.34. The molecule has 0 bridgehead atoms. The van der Waals surface area contributed by atoms with Crippen molar-refractivity contribution in [2.75, 3.05) is 0 Å². The molecule has 33 heavy (non-hydrogen) atoms. The van der Waals surface area contributed by atoms with Crippen molar-refractivity contribution in [2.45, 2.75) is 75.7 Å². The first-order chi connectivity index (χ1) is 15.7. The summed E-state index contributed by atoms with van der Waals surface area (Å²) < 4.78 is 0. The van der Waals surface area contributed by atoms with E-state index in [1.807, 2.05) is 60.7 Å². The first kappa shape index (κ1) is 23.5. The fraction of sp³-hybridized carbons (Fsp3) is 0.481. The molecule has 6 nitrogen and oxygen atoms in total. The third kappa shape index (κ3) is 4.55. The maximum absolute atomic E-state index is 13.4. The van der Waals surface area contributed by atoms with E-state index in [1.54, 1.807) is 13.8 Å². The first-order valence-corrected chi connectivity index (χ1v) is 11.8. The Morgan fingerprint density at radius 2 is 1.06 bits per heavy atom. The number of carbonyl (C=O) groups excluding carboxylic acids is 2. The van der Waals surface area contributed by atoms with Gasteiger partial charge >= 0.3 is 0 Å². The van der Waals surface area contributed by atoms with Crippen LogP contribution in [0.1, 0.15) is 75.6 Å². The topological polar surface area (TPSA) is 98.7 Å². The summed E-state index contributed by atoms with van der Waals surface area (Å²) in [4.78, 5) is 26.8. The fourth-order valence-electron chi connectivity index (χ4n) is 4.73. The van der Waals surface area contributed by atoms with Gasteiger partial charge in [-0.2, -0.15) is 0 Å². The molecular weight excluding hydrogens is 416 g/mol. The summed E-state index contributed by atoms with van der Waals surface area (Å²) in [5, 5.41) is 28.1. The SMILES string of the molecule is CC(C)(C(=O)N[C@H](c1ccccc1)C1(O)CCC1)C(=O)N[C@H](c1ccccc1)C1(O)CCC1. The second kappa shape index (κ2) is 8.92. The van der Waals surface area contributed by atoms with Crippen molar-refractivity contribution in [3.05, 3.63) is 71.8 Å². The monoisotopic (exact) mass is 450 g/mol. The van der Waals surface area contributed by atoms with Gasteiger partial charge in [0.1, 0.15) is 5.41 Å². The average molecular weight is 451 g/mol. The molecular formula is C27H34N2O4. The molecule has 2 aliphatic rings. The zero-order valence-corrected chi connectivity index (χ0v) is 19.4. The van der Waals surface area contributed by atoms with E-state index < -0.39 is 40.5 Å². The van der Waals surface area contributed by atoms with Crippen LogP contribution in [0.25, 0.3) is 0 Å². The smallest absolute Gasteiger partial charge is 0.235 e. The van der Waals surface area contributed by atoms with Gasteiger partial charge in [-0.1, -0.05) is 60.7 Å². The van der Waals surface area contributed by atoms with Crippen molar-refractivity contribution >= 4 is 11.8 Å². The van der Waals surface area contributed by atoms with Gasteiger partial charge in [0.25, 0.3) is 0 Å². The van der Waals surface area contributed by atoms with Crippen molar-refractivity contribution in [3.8, 4) is 0 Å². The maximum atomic E-state index is 13.4. The van der Waals surface area contributed by atoms with Crippen molar-refractivity contribution in [1.29, 1.82) is 0 Å². The van der Waals surface area contributed by atoms with Crippen LogP contribution < -0.4 is 10.6 Å². The van der Waals surface area contributed by atoms with Gasteiger partial charge in [0.05, 0.1) is 23.3 Å². The Bertz CT molecular complexity index is 902. The molecule has 0 spiro atoms. The summed E-state index contributed by atoms with van der Waals surface area (Å²) in [5.74, 6) is -0.914. The second-order valence-electron chi connectivity index (χ2n) is 10.2. The minimum Gasteiger partial charge on any atom is -0.387 e. The number of aliphatic hydroxyl groups is 2. The molecule has 0 heterocycles. The summed E-state index contributed by atoms with van der Waals surface area (Å²) in [6.45, 7) is 3.16. The van der Waals surface area contributed by atoms with Gasteiger partial charge in [-0.15, -0.1) is 0 Å². The minimum atomic E-state index is -1.40. The van der Waals surface area contributed by atoms with E-state index in [1.165, 1.54) is 0 Å². The fourth-order valence-corrected chi connectivity index (χ4v) is 4.73. The van der Waals surface area contributed by atoms with Crippen LogP contribution in [0.3, 0.4) is 0 Å². The number of rotatable bonds is 8. The molecule has 0 aliphatic heterocycles. The molecule has 2 amide bonds. The van der Waals surface area contributed by atoms with Gasteiger partial charge in [0.15, 0.2) is 0 Å². The number of amides is 2. The van der Waals surface area contributed by atoms with Crippen LogP contribution in [0.15, 0.2) is 60.7 Å². The number of hydrogen-bond donors (Lipinski definition) is 4. The number of hydrogen-bond acceptors (Lipinski definition) is 4. The Morgan fingerprint density at radius 3 is 1.33 bits per heavy atom. The Morgan fingerprint density at radius 1 is 0.727 bits per heavy atom. The lowest BCUT2D eigenvalue weighted by Gasteiger charge is -2.45. The van der Waals surface area contributed by atoms with Crippen LogP contribution >= 0.6 is 0 Å². The van der Waals surface area contributed by atoms with Crippen molar-refractivity contribution in [1.82, 2.24) is 10.6 Å². The summed E-state index contributed by atoms with van der Waals surface area (Å²) in [7, 11) is 0. The van der Waals surface area contributed by atoms with Crippen LogP contribution in [-0.4, -0.2) is 33.2 Å². The molecule has 2 atom stereocenters. The van der Waals surface area contributed by atoms with E-state index in [0.717, 1.165) is 24.0 Å². The number of nitrogens with one attached hydrogen (secondary N) is 2. The van der Waals surface area contributed by atoms with Crippen molar-refractivity contribution < 1.29 is 19.8 Å². The standard InChI is InChI=1S/C27H34N2O4/c1-25(2,23(30)28-21(26(32)15-9-16-26)19-11-5-3-6-12-19)24(31)29-22(27(33)17-10-18-27)20-13-7-4-8-14-20/h3-8,11-14,21-22,32-33H,9-10,15-18H2,1-2H3,(H,28,30)(H,29,31)/t21-,22-/m1/s1. The number of carbonyl (C=O) groups is 2. The highest BCUT2D eigenvalue weighted by atomic mass is 16.3. The van der Waals surface area contributed by atoms with Gasteiger partial charge < -0.3 is 20.8 Å². The van der Waals surface area contributed by atoms with Crippen LogP contribution in [0.5, 0.6) is 0 Å². The summed E-state index contributed by atoms with van der Waals surface area (Å²) in [5.41, 5.74) is -1.81. The lowest BCUT2D eigenvalue weighted by molar-refractivity contribution is -0.147. The molecule has 2 aromatic rings. The number of benzene rings is 2. The molecule has 0 radical (unpaired) electrons. The molecule has 4 rings (SSSR count). The Labute approximate surface area is 195 Å². The molecule has 4 N–H and O–H groups in total. The van der Waals surface area contributed by atoms with E-state index in [-0.39, 0.29) is 0 Å². The van der Waals surface area contributed by atoms with Gasteiger partial charge in [-0.05, 0) is 63.5 Å². The van der Waals surface area contributed by atoms with Crippen molar-refractivity contribution in [3.63, 3.8) is 0 Å². The first-order valence-electron chi connectivity index (χ1n) is 11.8. The lowest BCUT2D eigenvalue weighted by Crippen LogP contribution is -2.57. The van der Waals surface area contributed by atoms with Gasteiger partial charge in [-0.25, -0.2) is 0 Å². The third-order valence-corrected chi connectivity index (χ3v) is 7.47. The molecule has 2 fully saturated rings. The van der Waals surface area contributed by atoms with E-state index in [9.17, 15) is 19.8 Å². The predicted octanol–water partition coefficient (Wildman–Crippen LogP) is 3.56. The third-order valence-electron chi connectivity index (χ3n) is 7.47. The molecule has 0 saturated heterocycles. The van der Waals surface area contributed by atoms with Crippen LogP contribution in [0.2, 0.25) is 0 Å². The van der Waals surface area contributed by atoms with Gasteiger partial charge in [-0.3, -0.25) is 9.59 Å². The molecule has 0 unspecified atom stereocenters. The molecule has 2 aromatic carbocycles. The summed E-state index contributed by atoms with van der Waals surface area (Å²) in [6.07, 6.45) is 4.20. The van der Waals surface area contributed by atoms with Crippen LogP contribution in [-0.2, 0) is 9.59 Å². The molecule has 2 aliphatic carbocycles. The highest BCUT2D eigenvalue weighted by Crippen LogP contribution is 2.44. The molecule has 6 heteroatoms. The zero-order valence-electron chi connectivity index (χ0n) is 19.4. The molecule has 2 saturated carbocycles. The summed E-state index contributed by atoms with van der Waals surface area (Å²) in [6, 6.07) is 17.6. The average Bonchev–Trinajstić information content (AvgIpc) is 2.78. The quantitative estimate of drug-likeness (QED) is 0.462. The normalized spacial score (nSPS) is 20.5. The highest BCUT2D eigenvalue weighted by Gasteiger charge is 2.49. The molecule has 176 valence electrons. The summed E-state index contributed by atoms with van der Waals surface area (Å²) >= 11 is 0. The van der Waals surface area contributed by atoms with Gasteiger partial charge in [0, 0.05) is 0 Å². The van der Waals surface area contributed by atoms with E-state index in [4.69, 9.17) is 0 Å². The zero-order chi connectivity index (χ0) is 23.7. The highest BCUT2D eigenvalue weighted by molar-refractivity contribution is 6.04. The molecule has 0 aromatic heterocycles. The largest absolute Gasteiger partial charge is 0.387 e. The van der Waals surface area contributed by atoms with E-state index in [0.29, 0.717) is 25.7 Å². The Balaban J connectivity index is 1.53. The van der Waals surface area contributed by atoms with Crippen LogP contribution in [0.4, 0.5) is 0 Å².